The van der Waals surface area contributed by atoms with Gasteiger partial charge in [0, 0.05) is 44.7 Å². The Morgan fingerprint density at radius 3 is 2.60 bits per heavy atom. The van der Waals surface area contributed by atoms with Crippen molar-refractivity contribution in [2.75, 3.05) is 39.8 Å². The van der Waals surface area contributed by atoms with E-state index >= 15 is 0 Å². The molecule has 1 aromatic heterocycles. The fraction of sp³-hybridized carbons (Fsp3) is 0.526. The highest BCUT2D eigenvalue weighted by molar-refractivity contribution is 7.71. The Hall–Kier alpha value is -2.40. The fourth-order valence-electron chi connectivity index (χ4n) is 3.48. The van der Waals surface area contributed by atoms with Crippen molar-refractivity contribution in [3.63, 3.8) is 0 Å². The van der Waals surface area contributed by atoms with Crippen LogP contribution in [0.2, 0.25) is 0 Å². The van der Waals surface area contributed by atoms with Gasteiger partial charge in [-0.1, -0.05) is 0 Å². The van der Waals surface area contributed by atoms with Gasteiger partial charge < -0.3 is 9.64 Å². The van der Waals surface area contributed by atoms with Gasteiger partial charge >= 0.3 is 6.18 Å². The number of halogens is 3. The first-order valence-corrected chi connectivity index (χ1v) is 10.0. The van der Waals surface area contributed by atoms with Crippen LogP contribution in [0.5, 0.6) is 5.75 Å². The Labute approximate surface area is 177 Å². The predicted octanol–water partition coefficient (Wildman–Crippen LogP) is 3.10. The number of hydrogen-bond acceptors (Lipinski definition) is 5. The zero-order valence-corrected chi connectivity index (χ0v) is 17.4. The molecule has 7 nitrogen and oxygen atoms in total. The first-order chi connectivity index (χ1) is 14.3. The molecule has 1 fully saturated rings. The van der Waals surface area contributed by atoms with Gasteiger partial charge in [0.2, 0.25) is 5.91 Å². The quantitative estimate of drug-likeness (QED) is 0.695. The van der Waals surface area contributed by atoms with Gasteiger partial charge in [-0.05, 0) is 42.9 Å². The van der Waals surface area contributed by atoms with Crippen molar-refractivity contribution in [1.82, 2.24) is 24.6 Å². The second-order valence-corrected chi connectivity index (χ2v) is 7.49. The summed E-state index contributed by atoms with van der Waals surface area (Å²) in [5.41, 5.74) is 0.827. The smallest absolute Gasteiger partial charge is 0.401 e. The summed E-state index contributed by atoms with van der Waals surface area (Å²) in [6.07, 6.45) is -3.52. The lowest BCUT2D eigenvalue weighted by molar-refractivity contribution is -0.145. The molecule has 1 aliphatic rings. The number of hydrogen-bond donors (Lipinski definition) is 1. The van der Waals surface area contributed by atoms with E-state index in [1.54, 1.807) is 16.6 Å². The lowest BCUT2D eigenvalue weighted by Crippen LogP contribution is -2.38. The van der Waals surface area contributed by atoms with Crippen LogP contribution in [0.15, 0.2) is 24.3 Å². The number of carbonyl (C=O) groups excluding carboxylic acids is 1. The van der Waals surface area contributed by atoms with Gasteiger partial charge in [0.05, 0.1) is 13.7 Å². The van der Waals surface area contributed by atoms with Gasteiger partial charge in [-0.3, -0.25) is 19.4 Å². The highest BCUT2D eigenvalue weighted by Crippen LogP contribution is 2.21. The van der Waals surface area contributed by atoms with Gasteiger partial charge in [-0.15, -0.1) is 0 Å². The molecule has 1 aromatic carbocycles. The van der Waals surface area contributed by atoms with E-state index in [2.05, 4.69) is 10.2 Å². The highest BCUT2D eigenvalue weighted by atomic mass is 32.1. The molecule has 1 N–H and O–H groups in total. The van der Waals surface area contributed by atoms with Crippen LogP contribution in [0.25, 0.3) is 11.4 Å². The molecule has 30 heavy (non-hydrogen) atoms. The minimum absolute atomic E-state index is 0.104. The van der Waals surface area contributed by atoms with E-state index in [-0.39, 0.29) is 25.4 Å². The molecule has 1 saturated heterocycles. The number of alkyl halides is 3. The van der Waals surface area contributed by atoms with Gasteiger partial charge in [-0.25, -0.2) is 0 Å². The van der Waals surface area contributed by atoms with Crippen molar-refractivity contribution in [1.29, 1.82) is 0 Å². The summed E-state index contributed by atoms with van der Waals surface area (Å²) >= 11 is 5.30. The van der Waals surface area contributed by atoms with Crippen molar-refractivity contribution in [3.05, 3.63) is 29.0 Å². The number of H-pyrrole nitrogens is 1. The Balaban J connectivity index is 1.61. The van der Waals surface area contributed by atoms with Crippen molar-refractivity contribution < 1.29 is 22.7 Å². The number of amides is 1. The molecular weight excluding hydrogens is 419 g/mol. The Bertz CT molecular complexity index is 910. The van der Waals surface area contributed by atoms with Crippen molar-refractivity contribution in [2.24, 2.45) is 0 Å². The number of methoxy groups -OCH3 is 1. The van der Waals surface area contributed by atoms with Crippen LogP contribution in [-0.2, 0) is 11.3 Å². The fourth-order valence-corrected chi connectivity index (χ4v) is 3.71. The molecule has 3 rings (SSSR count). The zero-order valence-electron chi connectivity index (χ0n) is 16.6. The summed E-state index contributed by atoms with van der Waals surface area (Å²) in [4.78, 5) is 15.7. The Kier molecular flexibility index (Phi) is 7.14. The summed E-state index contributed by atoms with van der Waals surface area (Å²) in [6, 6.07) is 7.33. The van der Waals surface area contributed by atoms with E-state index in [0.29, 0.717) is 36.7 Å². The summed E-state index contributed by atoms with van der Waals surface area (Å²) in [5.74, 6) is 1.23. The van der Waals surface area contributed by atoms with Crippen LogP contribution in [0, 0.1) is 4.77 Å². The third-order valence-corrected chi connectivity index (χ3v) is 5.31. The molecule has 0 aliphatic carbocycles. The maximum Gasteiger partial charge on any atom is 0.401 e. The average Bonchev–Trinajstić information content (AvgIpc) is 2.91. The summed E-state index contributed by atoms with van der Waals surface area (Å²) in [7, 11) is 1.59. The van der Waals surface area contributed by atoms with Crippen molar-refractivity contribution in [2.45, 2.75) is 25.6 Å². The SMILES string of the molecule is COc1ccc(-c2n[nH]c(=S)n2CCC(=O)N2CCCN(CC(F)(F)F)CC2)cc1. The first-order valence-electron chi connectivity index (χ1n) is 9.63. The monoisotopic (exact) mass is 443 g/mol. The largest absolute Gasteiger partial charge is 0.497 e. The molecule has 0 atom stereocenters. The normalized spacial score (nSPS) is 15.8. The number of aromatic amines is 1. The van der Waals surface area contributed by atoms with Crippen LogP contribution >= 0.6 is 12.2 Å². The van der Waals surface area contributed by atoms with E-state index in [1.807, 2.05) is 24.3 Å². The van der Waals surface area contributed by atoms with Crippen LogP contribution in [0.3, 0.4) is 0 Å². The minimum atomic E-state index is -4.23. The molecule has 1 aliphatic heterocycles. The van der Waals surface area contributed by atoms with E-state index in [4.69, 9.17) is 17.0 Å². The number of carbonyl (C=O) groups is 1. The third-order valence-electron chi connectivity index (χ3n) is 5.00. The molecular formula is C19H24F3N5O2S. The summed E-state index contributed by atoms with van der Waals surface area (Å²) < 4.78 is 45.2. The number of nitrogens with one attached hydrogen (secondary N) is 1. The Morgan fingerprint density at radius 1 is 1.20 bits per heavy atom. The van der Waals surface area contributed by atoms with E-state index < -0.39 is 12.7 Å². The van der Waals surface area contributed by atoms with Crippen molar-refractivity contribution in [3.8, 4) is 17.1 Å². The molecule has 2 heterocycles. The first kappa shape index (κ1) is 22.3. The standard InChI is InChI=1S/C19H24F3N5O2S/c1-29-15-5-3-14(4-6-15)17-23-24-18(30)27(17)10-7-16(28)26-9-2-8-25(11-12-26)13-19(20,21)22/h3-6H,2,7-13H2,1H3,(H,24,30). The van der Waals surface area contributed by atoms with Crippen molar-refractivity contribution >= 4 is 18.1 Å². The zero-order chi connectivity index (χ0) is 21.7. The molecule has 11 heteroatoms. The second-order valence-electron chi connectivity index (χ2n) is 7.11. The van der Waals surface area contributed by atoms with Gasteiger partial charge in [-0.2, -0.15) is 18.3 Å². The molecule has 0 bridgehead atoms. The van der Waals surface area contributed by atoms with Crippen LogP contribution < -0.4 is 4.74 Å². The topological polar surface area (TPSA) is 66.4 Å². The molecule has 1 amide bonds. The minimum Gasteiger partial charge on any atom is -0.497 e. The summed E-state index contributed by atoms with van der Waals surface area (Å²) in [6.45, 7) is 0.681. The molecule has 0 spiro atoms. The van der Waals surface area contributed by atoms with Crippen LogP contribution in [0.1, 0.15) is 12.8 Å². The number of benzene rings is 1. The number of rotatable bonds is 6. The second kappa shape index (κ2) is 9.61. The predicted molar refractivity (Wildman–Crippen MR) is 108 cm³/mol. The molecule has 0 saturated carbocycles. The average molecular weight is 443 g/mol. The third kappa shape index (κ3) is 5.82. The van der Waals surface area contributed by atoms with E-state index in [9.17, 15) is 18.0 Å². The lowest BCUT2D eigenvalue weighted by Gasteiger charge is -2.23. The number of nitrogens with zero attached hydrogens (tertiary/aromatic N) is 4. The molecule has 164 valence electrons. The van der Waals surface area contributed by atoms with Gasteiger partial charge in [0.25, 0.3) is 0 Å². The van der Waals surface area contributed by atoms with Crippen LogP contribution in [0.4, 0.5) is 13.2 Å². The molecule has 0 unspecified atom stereocenters. The summed E-state index contributed by atoms with van der Waals surface area (Å²) in [5, 5.41) is 7.01. The number of ether oxygens (including phenoxy) is 1. The van der Waals surface area contributed by atoms with Gasteiger partial charge in [0.15, 0.2) is 10.6 Å². The number of aromatic nitrogens is 3. The van der Waals surface area contributed by atoms with Gasteiger partial charge in [0.1, 0.15) is 5.75 Å². The molecule has 2 aromatic rings. The highest BCUT2D eigenvalue weighted by Gasteiger charge is 2.31. The van der Waals surface area contributed by atoms with E-state index in [1.165, 1.54) is 4.90 Å². The van der Waals surface area contributed by atoms with E-state index in [0.717, 1.165) is 11.3 Å². The van der Waals surface area contributed by atoms with Crippen LogP contribution in [-0.4, -0.2) is 76.5 Å². The maximum atomic E-state index is 12.7. The maximum absolute atomic E-state index is 12.7. The Morgan fingerprint density at radius 2 is 1.93 bits per heavy atom. The molecule has 0 radical (unpaired) electrons. The lowest BCUT2D eigenvalue weighted by atomic mass is 10.2.